The largest absolute Gasteiger partial charge is 0.471 e. The monoisotopic (exact) mass is 240 g/mol. The Bertz CT molecular complexity index is 430. The second kappa shape index (κ2) is 4.49. The molecule has 0 spiro atoms. The van der Waals surface area contributed by atoms with Crippen LogP contribution in [-0.4, -0.2) is 29.3 Å². The molecule has 1 aliphatic heterocycles. The number of hydrogen-bond donors (Lipinski definition) is 0. The van der Waals surface area contributed by atoms with Crippen LogP contribution >= 0.6 is 11.6 Å². The molecule has 0 saturated heterocycles. The number of nitro benzene ring substituents is 1. The van der Waals surface area contributed by atoms with Crippen LogP contribution in [0.15, 0.2) is 29.3 Å². The Labute approximate surface area is 96.9 Å². The summed E-state index contributed by atoms with van der Waals surface area (Å²) in [5.74, 6) is 0.889. The summed E-state index contributed by atoms with van der Waals surface area (Å²) in [6, 6.07) is 6.09. The fraction of sp³-hybridized carbons (Fsp3) is 0.300. The molecule has 16 heavy (non-hydrogen) atoms. The first-order valence-corrected chi connectivity index (χ1v) is 5.26. The van der Waals surface area contributed by atoms with Gasteiger partial charge in [-0.25, -0.2) is 4.99 Å². The average Bonchev–Trinajstić information content (AvgIpc) is 2.77. The van der Waals surface area contributed by atoms with Crippen LogP contribution < -0.4 is 0 Å². The second-order valence-corrected chi connectivity index (χ2v) is 3.65. The molecule has 1 aromatic carbocycles. The summed E-state index contributed by atoms with van der Waals surface area (Å²) in [5.41, 5.74) is 0.787. The molecule has 0 aromatic heterocycles. The third-order valence-electron chi connectivity index (χ3n) is 2.21. The van der Waals surface area contributed by atoms with Crippen LogP contribution in [0.2, 0.25) is 0 Å². The van der Waals surface area contributed by atoms with Gasteiger partial charge in [-0.1, -0.05) is 0 Å². The van der Waals surface area contributed by atoms with E-state index in [1.807, 2.05) is 0 Å². The lowest BCUT2D eigenvalue weighted by molar-refractivity contribution is -0.384. The molecule has 0 radical (unpaired) electrons. The lowest BCUT2D eigenvalue weighted by atomic mass is 10.2. The van der Waals surface area contributed by atoms with Crippen molar-refractivity contribution in [2.45, 2.75) is 6.10 Å². The minimum atomic E-state index is -0.442. The zero-order chi connectivity index (χ0) is 11.5. The molecule has 0 aliphatic carbocycles. The lowest BCUT2D eigenvalue weighted by Gasteiger charge is -2.06. The molecular weight excluding hydrogens is 232 g/mol. The van der Waals surface area contributed by atoms with Crippen molar-refractivity contribution in [2.24, 2.45) is 4.99 Å². The van der Waals surface area contributed by atoms with Gasteiger partial charge in [-0.3, -0.25) is 10.1 Å². The van der Waals surface area contributed by atoms with Gasteiger partial charge in [-0.05, 0) is 12.1 Å². The van der Waals surface area contributed by atoms with Gasteiger partial charge in [0.25, 0.3) is 5.69 Å². The molecule has 1 atom stereocenters. The van der Waals surface area contributed by atoms with Crippen molar-refractivity contribution in [3.8, 4) is 0 Å². The fourth-order valence-electron chi connectivity index (χ4n) is 1.38. The summed E-state index contributed by atoms with van der Waals surface area (Å²) < 4.78 is 5.45. The van der Waals surface area contributed by atoms with Crippen LogP contribution in [0, 0.1) is 10.1 Å². The van der Waals surface area contributed by atoms with E-state index in [-0.39, 0.29) is 11.8 Å². The van der Waals surface area contributed by atoms with Gasteiger partial charge in [0.15, 0.2) is 0 Å². The van der Waals surface area contributed by atoms with Gasteiger partial charge in [-0.15, -0.1) is 11.6 Å². The highest BCUT2D eigenvalue weighted by atomic mass is 35.5. The van der Waals surface area contributed by atoms with Crippen LogP contribution in [0.4, 0.5) is 5.69 Å². The van der Waals surface area contributed by atoms with Crippen LogP contribution in [0.5, 0.6) is 0 Å². The molecular formula is C10H9ClN2O3. The molecule has 84 valence electrons. The maximum atomic E-state index is 10.5. The first kappa shape index (κ1) is 10.9. The van der Waals surface area contributed by atoms with E-state index >= 15 is 0 Å². The van der Waals surface area contributed by atoms with E-state index in [4.69, 9.17) is 16.3 Å². The van der Waals surface area contributed by atoms with E-state index in [0.717, 1.165) is 5.56 Å². The van der Waals surface area contributed by atoms with Crippen LogP contribution in [0.25, 0.3) is 0 Å². The number of halogens is 1. The second-order valence-electron chi connectivity index (χ2n) is 3.34. The highest BCUT2D eigenvalue weighted by Crippen LogP contribution is 2.17. The fourth-order valence-corrected chi connectivity index (χ4v) is 1.54. The van der Waals surface area contributed by atoms with Crippen molar-refractivity contribution in [2.75, 3.05) is 12.4 Å². The van der Waals surface area contributed by atoms with Gasteiger partial charge >= 0.3 is 0 Å². The lowest BCUT2D eigenvalue weighted by Crippen LogP contribution is -2.14. The minimum Gasteiger partial charge on any atom is -0.471 e. The zero-order valence-corrected chi connectivity index (χ0v) is 9.05. The van der Waals surface area contributed by atoms with Crippen LogP contribution in [0.1, 0.15) is 5.56 Å². The van der Waals surface area contributed by atoms with E-state index in [2.05, 4.69) is 4.99 Å². The molecule has 6 heteroatoms. The first-order valence-electron chi connectivity index (χ1n) is 4.72. The molecule has 0 N–H and O–H groups in total. The Hall–Kier alpha value is -1.62. The number of alkyl halides is 1. The van der Waals surface area contributed by atoms with Crippen molar-refractivity contribution >= 4 is 23.2 Å². The molecule has 0 bridgehead atoms. The third-order valence-corrected chi connectivity index (χ3v) is 2.56. The molecule has 1 aromatic rings. The van der Waals surface area contributed by atoms with Crippen LogP contribution in [0.3, 0.4) is 0 Å². The smallest absolute Gasteiger partial charge is 0.269 e. The number of non-ortho nitro benzene ring substituents is 1. The summed E-state index contributed by atoms with van der Waals surface area (Å²) >= 11 is 5.64. The molecule has 5 nitrogen and oxygen atoms in total. The molecule has 0 fully saturated rings. The van der Waals surface area contributed by atoms with Crippen LogP contribution in [-0.2, 0) is 4.74 Å². The Kier molecular flexibility index (Phi) is 3.05. The quantitative estimate of drug-likeness (QED) is 0.461. The highest BCUT2D eigenvalue weighted by molar-refractivity contribution is 6.18. The number of hydrogen-bond acceptors (Lipinski definition) is 4. The maximum Gasteiger partial charge on any atom is 0.269 e. The molecule has 2 rings (SSSR count). The summed E-state index contributed by atoms with van der Waals surface area (Å²) in [6.45, 7) is 0.538. The Morgan fingerprint density at radius 1 is 1.50 bits per heavy atom. The first-order chi connectivity index (χ1) is 7.70. The van der Waals surface area contributed by atoms with Crippen molar-refractivity contribution in [1.29, 1.82) is 0 Å². The predicted molar refractivity (Wildman–Crippen MR) is 60.1 cm³/mol. The number of rotatable bonds is 3. The summed E-state index contributed by atoms with van der Waals surface area (Å²) in [6.07, 6.45) is -0.0909. The van der Waals surface area contributed by atoms with E-state index in [9.17, 15) is 10.1 Å². The van der Waals surface area contributed by atoms with Gasteiger partial charge in [0.1, 0.15) is 6.10 Å². The topological polar surface area (TPSA) is 64.7 Å². The van der Waals surface area contributed by atoms with Gasteiger partial charge in [0, 0.05) is 17.7 Å². The molecule has 1 unspecified atom stereocenters. The number of benzene rings is 1. The van der Waals surface area contributed by atoms with E-state index in [1.165, 1.54) is 12.1 Å². The molecule has 0 amide bonds. The maximum absolute atomic E-state index is 10.5. The van der Waals surface area contributed by atoms with Gasteiger partial charge in [-0.2, -0.15) is 0 Å². The van der Waals surface area contributed by atoms with Crippen molar-refractivity contribution < 1.29 is 9.66 Å². The Morgan fingerprint density at radius 3 is 2.69 bits per heavy atom. The summed E-state index contributed by atoms with van der Waals surface area (Å²) in [4.78, 5) is 14.2. The summed E-state index contributed by atoms with van der Waals surface area (Å²) in [7, 11) is 0. The standard InChI is InChI=1S/C10H9ClN2O3/c11-5-9-6-12-10(16-9)7-1-3-8(4-2-7)13(14)15/h1-4,9H,5-6H2. The number of nitrogens with zero attached hydrogens (tertiary/aromatic N) is 2. The van der Waals surface area contributed by atoms with E-state index in [1.54, 1.807) is 12.1 Å². The third kappa shape index (κ3) is 2.14. The Balaban J connectivity index is 2.14. The van der Waals surface area contributed by atoms with Gasteiger partial charge in [0.2, 0.25) is 5.90 Å². The van der Waals surface area contributed by atoms with Crippen molar-refractivity contribution in [1.82, 2.24) is 0 Å². The number of ether oxygens (including phenoxy) is 1. The van der Waals surface area contributed by atoms with Crippen molar-refractivity contribution in [3.05, 3.63) is 39.9 Å². The highest BCUT2D eigenvalue weighted by Gasteiger charge is 2.20. The normalized spacial score (nSPS) is 19.1. The van der Waals surface area contributed by atoms with E-state index < -0.39 is 4.92 Å². The molecule has 1 heterocycles. The predicted octanol–water partition coefficient (Wildman–Crippen LogP) is 1.98. The zero-order valence-electron chi connectivity index (χ0n) is 8.30. The van der Waals surface area contributed by atoms with E-state index in [0.29, 0.717) is 18.3 Å². The average molecular weight is 241 g/mol. The number of nitro groups is 1. The van der Waals surface area contributed by atoms with Crippen molar-refractivity contribution in [3.63, 3.8) is 0 Å². The summed E-state index contributed by atoms with van der Waals surface area (Å²) in [5, 5.41) is 10.5. The molecule has 1 aliphatic rings. The van der Waals surface area contributed by atoms with Gasteiger partial charge in [0.05, 0.1) is 17.3 Å². The Morgan fingerprint density at radius 2 is 2.19 bits per heavy atom. The SMILES string of the molecule is O=[N+]([O-])c1ccc(C2=NCC(CCl)O2)cc1. The molecule has 0 saturated carbocycles. The van der Waals surface area contributed by atoms with Gasteiger partial charge < -0.3 is 4.74 Å². The minimum absolute atomic E-state index is 0.0521. The number of aliphatic imine (C=N–C) groups is 1.